The van der Waals surface area contributed by atoms with Gasteiger partial charge < -0.3 is 10.2 Å². The molecular formula is C10H18N2O. The van der Waals surface area contributed by atoms with Crippen molar-refractivity contribution in [2.24, 2.45) is 5.41 Å². The molecular weight excluding hydrogens is 164 g/mol. The van der Waals surface area contributed by atoms with Crippen LogP contribution in [0, 0.1) is 5.41 Å². The van der Waals surface area contributed by atoms with Gasteiger partial charge in [-0.15, -0.1) is 0 Å². The molecule has 13 heavy (non-hydrogen) atoms. The van der Waals surface area contributed by atoms with Crippen molar-refractivity contribution in [3.63, 3.8) is 0 Å². The normalized spacial score (nSPS) is 27.5. The Morgan fingerprint density at radius 1 is 1.08 bits per heavy atom. The summed E-state index contributed by atoms with van der Waals surface area (Å²) >= 11 is 0. The van der Waals surface area contributed by atoms with Gasteiger partial charge >= 0.3 is 0 Å². The van der Waals surface area contributed by atoms with E-state index in [0.29, 0.717) is 5.41 Å². The van der Waals surface area contributed by atoms with Gasteiger partial charge in [-0.05, 0) is 44.2 Å². The van der Waals surface area contributed by atoms with Crippen LogP contribution in [-0.2, 0) is 4.79 Å². The maximum atomic E-state index is 10.5. The quantitative estimate of drug-likeness (QED) is 0.603. The average Bonchev–Trinajstić information content (AvgIpc) is 2.20. The number of amides is 1. The smallest absolute Gasteiger partial charge is 0.209 e. The number of nitrogens with zero attached hydrogens (tertiary/aromatic N) is 1. The maximum absolute atomic E-state index is 10.5. The number of nitrogens with one attached hydrogen (secondary N) is 1. The molecule has 0 aromatic rings. The Balaban J connectivity index is 1.91. The summed E-state index contributed by atoms with van der Waals surface area (Å²) in [6.07, 6.45) is 6.04. The molecule has 3 heteroatoms. The molecule has 2 aliphatic heterocycles. The Bertz CT molecular complexity index is 177. The standard InChI is InChI=1S/C10H18N2O/c13-9-12-7-3-10(4-8-12)1-5-11-6-2-10/h9,11H,1-8H2. The lowest BCUT2D eigenvalue weighted by Gasteiger charge is -2.43. The molecule has 1 amide bonds. The van der Waals surface area contributed by atoms with Crippen LogP contribution in [0.1, 0.15) is 25.7 Å². The van der Waals surface area contributed by atoms with Gasteiger partial charge in [0.05, 0.1) is 0 Å². The fourth-order valence-corrected chi connectivity index (χ4v) is 2.56. The van der Waals surface area contributed by atoms with E-state index in [2.05, 4.69) is 5.32 Å². The maximum Gasteiger partial charge on any atom is 0.209 e. The molecule has 0 atom stereocenters. The summed E-state index contributed by atoms with van der Waals surface area (Å²) in [5.41, 5.74) is 0.574. The van der Waals surface area contributed by atoms with Crippen LogP contribution >= 0.6 is 0 Å². The number of carbonyl (C=O) groups is 1. The van der Waals surface area contributed by atoms with Crippen molar-refractivity contribution in [3.05, 3.63) is 0 Å². The van der Waals surface area contributed by atoms with Crippen LogP contribution in [-0.4, -0.2) is 37.5 Å². The highest BCUT2D eigenvalue weighted by atomic mass is 16.1. The summed E-state index contributed by atoms with van der Waals surface area (Å²) in [7, 11) is 0. The lowest BCUT2D eigenvalue weighted by atomic mass is 9.72. The zero-order chi connectivity index (χ0) is 9.15. The molecule has 2 rings (SSSR count). The number of carbonyl (C=O) groups excluding carboxylic acids is 1. The summed E-state index contributed by atoms with van der Waals surface area (Å²) in [6, 6.07) is 0. The Hall–Kier alpha value is -0.570. The van der Waals surface area contributed by atoms with Crippen molar-refractivity contribution in [1.29, 1.82) is 0 Å². The van der Waals surface area contributed by atoms with Crippen LogP contribution in [0.15, 0.2) is 0 Å². The largest absolute Gasteiger partial charge is 0.345 e. The highest BCUT2D eigenvalue weighted by Gasteiger charge is 2.34. The summed E-state index contributed by atoms with van der Waals surface area (Å²) < 4.78 is 0. The van der Waals surface area contributed by atoms with Crippen molar-refractivity contribution in [1.82, 2.24) is 10.2 Å². The first-order valence-corrected chi connectivity index (χ1v) is 5.25. The van der Waals surface area contributed by atoms with Crippen LogP contribution in [0.5, 0.6) is 0 Å². The SMILES string of the molecule is O=CN1CCC2(CCNCC2)CC1. The predicted molar refractivity (Wildman–Crippen MR) is 51.4 cm³/mol. The van der Waals surface area contributed by atoms with Gasteiger partial charge in [0.1, 0.15) is 0 Å². The molecule has 1 N–H and O–H groups in total. The van der Waals surface area contributed by atoms with E-state index in [9.17, 15) is 4.79 Å². The molecule has 1 spiro atoms. The number of hydrogen-bond donors (Lipinski definition) is 1. The zero-order valence-corrected chi connectivity index (χ0v) is 8.09. The Morgan fingerprint density at radius 2 is 1.69 bits per heavy atom. The summed E-state index contributed by atoms with van der Waals surface area (Å²) in [4.78, 5) is 12.5. The molecule has 0 unspecified atom stereocenters. The third-order valence-corrected chi connectivity index (χ3v) is 3.67. The molecule has 3 nitrogen and oxygen atoms in total. The highest BCUT2D eigenvalue weighted by Crippen LogP contribution is 2.38. The third-order valence-electron chi connectivity index (χ3n) is 3.67. The second-order valence-corrected chi connectivity index (χ2v) is 4.39. The van der Waals surface area contributed by atoms with Crippen LogP contribution in [0.4, 0.5) is 0 Å². The first-order valence-electron chi connectivity index (χ1n) is 5.25. The first-order chi connectivity index (χ1) is 6.35. The molecule has 2 heterocycles. The van der Waals surface area contributed by atoms with E-state index < -0.39 is 0 Å². The topological polar surface area (TPSA) is 32.3 Å². The monoisotopic (exact) mass is 182 g/mol. The lowest BCUT2D eigenvalue weighted by Crippen LogP contribution is -2.45. The van der Waals surface area contributed by atoms with Gasteiger partial charge in [-0.25, -0.2) is 0 Å². The molecule has 2 saturated heterocycles. The van der Waals surface area contributed by atoms with Gasteiger partial charge in [0, 0.05) is 13.1 Å². The van der Waals surface area contributed by atoms with E-state index in [1.807, 2.05) is 4.90 Å². The molecule has 2 aliphatic rings. The van der Waals surface area contributed by atoms with E-state index in [1.54, 1.807) is 0 Å². The van der Waals surface area contributed by atoms with Crippen molar-refractivity contribution >= 4 is 6.41 Å². The summed E-state index contributed by atoms with van der Waals surface area (Å²) in [5, 5.41) is 3.40. The van der Waals surface area contributed by atoms with Gasteiger partial charge in [-0.2, -0.15) is 0 Å². The Labute approximate surface area is 79.5 Å². The summed E-state index contributed by atoms with van der Waals surface area (Å²) in [6.45, 7) is 4.29. The van der Waals surface area contributed by atoms with Gasteiger partial charge in [0.2, 0.25) is 6.41 Å². The molecule has 0 bridgehead atoms. The second-order valence-electron chi connectivity index (χ2n) is 4.39. The molecule has 0 aromatic carbocycles. The van der Waals surface area contributed by atoms with Crippen LogP contribution < -0.4 is 5.32 Å². The molecule has 74 valence electrons. The van der Waals surface area contributed by atoms with Crippen molar-refractivity contribution < 1.29 is 4.79 Å². The third kappa shape index (κ3) is 1.85. The van der Waals surface area contributed by atoms with Gasteiger partial charge in [0.15, 0.2) is 0 Å². The fraction of sp³-hybridized carbons (Fsp3) is 0.900. The minimum Gasteiger partial charge on any atom is -0.345 e. The minimum atomic E-state index is 0.574. The molecule has 0 aliphatic carbocycles. The predicted octanol–water partition coefficient (Wildman–Crippen LogP) is 0.608. The number of piperidine rings is 2. The number of likely N-dealkylation sites (tertiary alicyclic amines) is 1. The molecule has 2 fully saturated rings. The van der Waals surface area contributed by atoms with Crippen LogP contribution in [0.25, 0.3) is 0 Å². The van der Waals surface area contributed by atoms with Gasteiger partial charge in [-0.1, -0.05) is 0 Å². The first kappa shape index (κ1) is 9.00. The van der Waals surface area contributed by atoms with Crippen LogP contribution in [0.3, 0.4) is 0 Å². The Morgan fingerprint density at radius 3 is 2.23 bits per heavy atom. The van der Waals surface area contributed by atoms with E-state index in [1.165, 1.54) is 38.8 Å². The molecule has 0 aromatic heterocycles. The van der Waals surface area contributed by atoms with Crippen molar-refractivity contribution in [2.75, 3.05) is 26.2 Å². The Kier molecular flexibility index (Phi) is 2.54. The highest BCUT2D eigenvalue weighted by molar-refractivity contribution is 5.47. The summed E-state index contributed by atoms with van der Waals surface area (Å²) in [5.74, 6) is 0. The fourth-order valence-electron chi connectivity index (χ4n) is 2.56. The van der Waals surface area contributed by atoms with Crippen LogP contribution in [0.2, 0.25) is 0 Å². The zero-order valence-electron chi connectivity index (χ0n) is 8.09. The molecule has 0 saturated carbocycles. The minimum absolute atomic E-state index is 0.574. The van der Waals surface area contributed by atoms with E-state index in [0.717, 1.165) is 19.5 Å². The second kappa shape index (κ2) is 3.66. The van der Waals surface area contributed by atoms with Gasteiger partial charge in [0.25, 0.3) is 0 Å². The number of rotatable bonds is 1. The average molecular weight is 182 g/mol. The number of hydrogen-bond acceptors (Lipinski definition) is 2. The van der Waals surface area contributed by atoms with E-state index >= 15 is 0 Å². The van der Waals surface area contributed by atoms with E-state index in [-0.39, 0.29) is 0 Å². The van der Waals surface area contributed by atoms with Crippen molar-refractivity contribution in [3.8, 4) is 0 Å². The molecule has 0 radical (unpaired) electrons. The van der Waals surface area contributed by atoms with E-state index in [4.69, 9.17) is 0 Å². The van der Waals surface area contributed by atoms with Gasteiger partial charge in [-0.3, -0.25) is 4.79 Å². The van der Waals surface area contributed by atoms with Crippen molar-refractivity contribution in [2.45, 2.75) is 25.7 Å². The lowest BCUT2D eigenvalue weighted by molar-refractivity contribution is -0.120.